The molecular weight excluding hydrogens is 559 g/mol. The van der Waals surface area contributed by atoms with Crippen LogP contribution in [0.2, 0.25) is 0 Å². The molecule has 0 fully saturated rings. The van der Waals surface area contributed by atoms with Crippen LogP contribution in [-0.4, -0.2) is 16.9 Å². The monoisotopic (exact) mass is 564 g/mol. The minimum Gasteiger partial charge on any atom is -0.465 e. The van der Waals surface area contributed by atoms with Gasteiger partial charge in [0.1, 0.15) is 29.4 Å². The Labute approximate surface area is 197 Å². The van der Waals surface area contributed by atoms with Gasteiger partial charge in [0.15, 0.2) is 0 Å². The zero-order chi connectivity index (χ0) is 21.5. The van der Waals surface area contributed by atoms with Gasteiger partial charge in [-0.05, 0) is 42.5 Å². The van der Waals surface area contributed by atoms with E-state index in [0.29, 0.717) is 16.5 Å². The van der Waals surface area contributed by atoms with Crippen molar-refractivity contribution < 1.29 is 9.15 Å². The number of hydrogen-bond donors (Lipinski definition) is 0. The fourth-order valence-electron chi connectivity index (χ4n) is 3.06. The molecule has 2 aromatic rings. The van der Waals surface area contributed by atoms with Crippen molar-refractivity contribution >= 4 is 72.1 Å². The van der Waals surface area contributed by atoms with Crippen molar-refractivity contribution in [2.24, 2.45) is 9.50 Å². The van der Waals surface area contributed by atoms with Gasteiger partial charge in [0.2, 0.25) is 16.3 Å². The molecule has 2 unspecified atom stereocenters. The summed E-state index contributed by atoms with van der Waals surface area (Å²) in [6.45, 7) is 0. The van der Waals surface area contributed by atoms with E-state index in [1.54, 1.807) is 36.4 Å². The Morgan fingerprint density at radius 1 is 1.20 bits per heavy atom. The first-order valence-electron chi connectivity index (χ1n) is 8.34. The predicted octanol–water partition coefficient (Wildman–Crippen LogP) is 5.52. The van der Waals surface area contributed by atoms with Crippen molar-refractivity contribution in [1.82, 2.24) is 0 Å². The molecule has 2 aliphatic rings. The zero-order valence-electron chi connectivity index (χ0n) is 14.7. The lowest BCUT2D eigenvalue weighted by Crippen LogP contribution is -2.43. The Bertz CT molecular complexity index is 1360. The smallest absolute Gasteiger partial charge is 0.248 e. The first-order valence-corrected chi connectivity index (χ1v) is 10.6. The number of fused-ring (bicyclic) bond motifs is 2. The van der Waals surface area contributed by atoms with Crippen LogP contribution in [0.25, 0.3) is 11.0 Å². The van der Waals surface area contributed by atoms with Gasteiger partial charge < -0.3 is 9.15 Å². The van der Waals surface area contributed by atoms with Crippen LogP contribution in [0.5, 0.6) is 0 Å². The second-order valence-corrected chi connectivity index (χ2v) is 8.83. The summed E-state index contributed by atoms with van der Waals surface area (Å²) >= 11 is 19.0. The molecule has 2 atom stereocenters. The lowest BCUT2D eigenvalue weighted by atomic mass is 9.91. The molecule has 1 aromatic carbocycles. The Balaban J connectivity index is 2.07. The van der Waals surface area contributed by atoms with Crippen LogP contribution < -0.4 is 5.55 Å². The molecule has 0 N–H and O–H groups in total. The molecule has 1 aliphatic carbocycles. The third-order valence-electron chi connectivity index (χ3n) is 4.44. The zero-order valence-corrected chi connectivity index (χ0v) is 19.4. The van der Waals surface area contributed by atoms with Gasteiger partial charge in [0, 0.05) is 31.7 Å². The maximum atomic E-state index is 9.84. The third kappa shape index (κ3) is 3.51. The average Bonchev–Trinajstić information content (AvgIpc) is 2.75. The standard InChI is InChI=1S/C20H8Br2Cl2N4O2/c21-12-1-3-15-10(6-12)5-11(8-25)18(29-15)27-17-14-7-13(22)2-4-16(14)30-19(28-24)20(17,23)9-26/h1-7,16H/b27-18?,28-19+. The molecule has 2 heterocycles. The molecule has 30 heavy (non-hydrogen) atoms. The van der Waals surface area contributed by atoms with Crippen LogP contribution >= 0.6 is 55.2 Å². The molecule has 6 nitrogen and oxygen atoms in total. The van der Waals surface area contributed by atoms with Crippen LogP contribution in [-0.2, 0) is 4.74 Å². The van der Waals surface area contributed by atoms with E-state index in [2.05, 4.69) is 47.4 Å². The van der Waals surface area contributed by atoms with Crippen LogP contribution in [0.1, 0.15) is 5.56 Å². The molecule has 1 aliphatic heterocycles. The van der Waals surface area contributed by atoms with E-state index < -0.39 is 11.0 Å². The number of hydrogen-bond acceptors (Lipinski definition) is 6. The van der Waals surface area contributed by atoms with Crippen molar-refractivity contribution in [2.45, 2.75) is 11.0 Å². The molecule has 0 spiro atoms. The summed E-state index contributed by atoms with van der Waals surface area (Å²) < 4.78 is 16.7. The number of benzene rings is 1. The van der Waals surface area contributed by atoms with Gasteiger partial charge >= 0.3 is 0 Å². The summed E-state index contributed by atoms with van der Waals surface area (Å²) in [6.07, 6.45) is 4.65. The highest BCUT2D eigenvalue weighted by Gasteiger charge is 2.48. The highest BCUT2D eigenvalue weighted by atomic mass is 79.9. The topological polar surface area (TPSA) is 94.7 Å². The third-order valence-corrected chi connectivity index (χ3v) is 6.00. The SMILES string of the molecule is N#Cc1cc2cc(Br)ccc2oc1=NC1=C2C=C(Br)C=CC2O/C(=N/Cl)C1(Cl)C#N. The first kappa shape index (κ1) is 20.9. The summed E-state index contributed by atoms with van der Waals surface area (Å²) in [7, 11) is 0. The lowest BCUT2D eigenvalue weighted by molar-refractivity contribution is 0.251. The van der Waals surface area contributed by atoms with Crippen molar-refractivity contribution in [3.63, 3.8) is 0 Å². The molecule has 0 amide bonds. The molecule has 0 saturated heterocycles. The van der Waals surface area contributed by atoms with E-state index in [1.165, 1.54) is 0 Å². The second kappa shape index (κ2) is 8.05. The number of alkyl halides is 1. The Morgan fingerprint density at radius 2 is 2.00 bits per heavy atom. The first-order chi connectivity index (χ1) is 14.4. The Hall–Kier alpha value is -2.36. The van der Waals surface area contributed by atoms with E-state index in [4.69, 9.17) is 32.5 Å². The molecule has 148 valence electrons. The minimum atomic E-state index is -1.90. The number of allylic oxidation sites excluding steroid dienone is 2. The summed E-state index contributed by atoms with van der Waals surface area (Å²) in [6, 6.07) is 11.0. The molecule has 4 rings (SSSR count). The number of ether oxygens (including phenoxy) is 1. The molecule has 0 radical (unpaired) electrons. The maximum Gasteiger partial charge on any atom is 0.248 e. The van der Waals surface area contributed by atoms with E-state index in [0.717, 1.165) is 8.96 Å². The van der Waals surface area contributed by atoms with Crippen LogP contribution in [0, 0.1) is 22.7 Å². The van der Waals surface area contributed by atoms with E-state index in [9.17, 15) is 10.5 Å². The maximum absolute atomic E-state index is 9.84. The van der Waals surface area contributed by atoms with Crippen LogP contribution in [0.15, 0.2) is 76.6 Å². The van der Waals surface area contributed by atoms with Crippen molar-refractivity contribution in [2.75, 3.05) is 0 Å². The van der Waals surface area contributed by atoms with Crippen molar-refractivity contribution in [3.8, 4) is 12.1 Å². The number of nitriles is 2. The van der Waals surface area contributed by atoms with Crippen molar-refractivity contribution in [1.29, 1.82) is 10.5 Å². The Morgan fingerprint density at radius 3 is 2.70 bits per heavy atom. The summed E-state index contributed by atoms with van der Waals surface area (Å²) in [5, 5.41) is 20.2. The summed E-state index contributed by atoms with van der Waals surface area (Å²) in [5.74, 6) is -0.208. The van der Waals surface area contributed by atoms with Gasteiger partial charge in [-0.1, -0.05) is 43.5 Å². The van der Waals surface area contributed by atoms with Gasteiger partial charge in [-0.3, -0.25) is 0 Å². The molecule has 0 saturated carbocycles. The van der Waals surface area contributed by atoms with Crippen LogP contribution in [0.4, 0.5) is 0 Å². The lowest BCUT2D eigenvalue weighted by Gasteiger charge is -2.33. The summed E-state index contributed by atoms with van der Waals surface area (Å²) in [5.41, 5.74) is 1.31. The van der Waals surface area contributed by atoms with Gasteiger partial charge in [0.05, 0.1) is 5.70 Å². The summed E-state index contributed by atoms with van der Waals surface area (Å²) in [4.78, 5) is 2.60. The van der Waals surface area contributed by atoms with E-state index in [-0.39, 0.29) is 22.7 Å². The van der Waals surface area contributed by atoms with Gasteiger partial charge in [-0.2, -0.15) is 10.5 Å². The fourth-order valence-corrected chi connectivity index (χ4v) is 4.28. The van der Waals surface area contributed by atoms with Gasteiger partial charge in [-0.15, -0.1) is 4.51 Å². The van der Waals surface area contributed by atoms with Crippen LogP contribution in [0.3, 0.4) is 0 Å². The number of rotatable bonds is 1. The van der Waals surface area contributed by atoms with E-state index in [1.807, 2.05) is 12.1 Å². The van der Waals surface area contributed by atoms with Gasteiger partial charge in [0.25, 0.3) is 0 Å². The quantitative estimate of drug-likeness (QED) is 0.425. The number of nitrogens with zero attached hydrogens (tertiary/aromatic N) is 4. The fraction of sp³-hybridized carbons (Fsp3) is 0.100. The second-order valence-electron chi connectivity index (χ2n) is 6.26. The predicted molar refractivity (Wildman–Crippen MR) is 120 cm³/mol. The highest BCUT2D eigenvalue weighted by Crippen LogP contribution is 2.40. The molecule has 1 aromatic heterocycles. The molecule has 10 heteroatoms. The van der Waals surface area contributed by atoms with Gasteiger partial charge in [-0.25, -0.2) is 4.99 Å². The molecular formula is C20H8Br2Cl2N4O2. The minimum absolute atomic E-state index is 0.00347. The largest absolute Gasteiger partial charge is 0.465 e. The normalized spacial score (nSPS) is 24.9. The highest BCUT2D eigenvalue weighted by molar-refractivity contribution is 9.12. The van der Waals surface area contributed by atoms with E-state index >= 15 is 0 Å². The Kier molecular flexibility index (Phi) is 5.61. The average molecular weight is 567 g/mol. The van der Waals surface area contributed by atoms with Crippen molar-refractivity contribution in [3.05, 3.63) is 73.8 Å². The number of halogens is 4. The molecule has 0 bridgehead atoms.